The number of unbranched alkanes of at least 4 members (excludes halogenated alkanes) is 2. The number of hydrogen-bond acceptors (Lipinski definition) is 4. The Morgan fingerprint density at radius 3 is 2.70 bits per heavy atom. The van der Waals surface area contributed by atoms with Gasteiger partial charge >= 0.3 is 6.03 Å². The molecule has 23 heavy (non-hydrogen) atoms. The molecular formula is C15H25N3O4S. The van der Waals surface area contributed by atoms with Crippen LogP contribution in [-0.4, -0.2) is 34.7 Å². The zero-order valence-electron chi connectivity index (χ0n) is 13.5. The molecule has 0 aliphatic carbocycles. The van der Waals surface area contributed by atoms with E-state index in [9.17, 15) is 13.2 Å². The van der Waals surface area contributed by atoms with Crippen LogP contribution in [0.2, 0.25) is 0 Å². The van der Waals surface area contributed by atoms with Crippen LogP contribution in [0.1, 0.15) is 37.8 Å². The number of nitrogens with two attached hydrogens (primary N) is 1. The van der Waals surface area contributed by atoms with Gasteiger partial charge in [0.2, 0.25) is 10.0 Å². The number of primary sulfonamides is 1. The number of hydrogen-bond donors (Lipinski definition) is 3. The van der Waals surface area contributed by atoms with Gasteiger partial charge in [0.25, 0.3) is 0 Å². The number of rotatable bonds is 9. The van der Waals surface area contributed by atoms with Gasteiger partial charge in [0.05, 0.1) is 10.9 Å². The molecule has 0 heterocycles. The number of carbonyl (C=O) groups excluding carboxylic acids is 1. The molecule has 0 radical (unpaired) electrons. The highest BCUT2D eigenvalue weighted by molar-refractivity contribution is 7.89. The second-order valence-electron chi connectivity index (χ2n) is 5.29. The summed E-state index contributed by atoms with van der Waals surface area (Å²) < 4.78 is 27.7. The lowest BCUT2D eigenvalue weighted by atomic mass is 10.1. The Balaban J connectivity index is 2.43. The van der Waals surface area contributed by atoms with Gasteiger partial charge in [-0.15, -0.1) is 0 Å². The van der Waals surface area contributed by atoms with E-state index >= 15 is 0 Å². The fraction of sp³-hybridized carbons (Fsp3) is 0.533. The predicted octanol–water partition coefficient (Wildman–Crippen LogP) is 1.51. The average molecular weight is 343 g/mol. The smallest absolute Gasteiger partial charge is 0.315 e. The lowest BCUT2D eigenvalue weighted by Crippen LogP contribution is -2.37. The molecule has 8 heteroatoms. The highest BCUT2D eigenvalue weighted by Gasteiger charge is 2.13. The Bertz CT molecular complexity index is 604. The zero-order chi connectivity index (χ0) is 17.3. The predicted molar refractivity (Wildman–Crippen MR) is 88.5 cm³/mol. The minimum absolute atomic E-state index is 0.0298. The maximum atomic E-state index is 11.8. The third kappa shape index (κ3) is 7.45. The van der Waals surface area contributed by atoms with Crippen molar-refractivity contribution >= 4 is 16.1 Å². The first-order chi connectivity index (χ1) is 10.8. The molecule has 0 fully saturated rings. The van der Waals surface area contributed by atoms with Crippen LogP contribution in [0.25, 0.3) is 0 Å². The largest absolute Gasteiger partial charge is 0.385 e. The van der Waals surface area contributed by atoms with Gasteiger partial charge in [-0.3, -0.25) is 0 Å². The molecule has 1 rings (SSSR count). The molecular weight excluding hydrogens is 318 g/mol. The summed E-state index contributed by atoms with van der Waals surface area (Å²) in [4.78, 5) is 11.8. The minimum atomic E-state index is -3.75. The number of ether oxygens (including phenoxy) is 1. The number of benzene rings is 1. The SMILES string of the molecule is COCCCCCNC(=O)N[C@@H](C)c1cccc(S(N)(=O)=O)c1. The van der Waals surface area contributed by atoms with E-state index in [1.807, 2.05) is 0 Å². The lowest BCUT2D eigenvalue weighted by molar-refractivity contribution is 0.192. The number of sulfonamides is 1. The highest BCUT2D eigenvalue weighted by atomic mass is 32.2. The fourth-order valence-corrected chi connectivity index (χ4v) is 2.61. The highest BCUT2D eigenvalue weighted by Crippen LogP contribution is 2.16. The Kier molecular flexibility index (Phi) is 8.01. The van der Waals surface area contributed by atoms with Crippen molar-refractivity contribution in [2.75, 3.05) is 20.3 Å². The molecule has 0 saturated heterocycles. The van der Waals surface area contributed by atoms with Gasteiger partial charge in [0.15, 0.2) is 0 Å². The van der Waals surface area contributed by atoms with E-state index in [0.717, 1.165) is 25.9 Å². The summed E-state index contributed by atoms with van der Waals surface area (Å²) in [7, 11) is -2.09. The molecule has 130 valence electrons. The summed E-state index contributed by atoms with van der Waals surface area (Å²) in [6.45, 7) is 3.09. The molecule has 0 aliphatic heterocycles. The number of carbonyl (C=O) groups is 1. The second kappa shape index (κ2) is 9.49. The first-order valence-electron chi connectivity index (χ1n) is 7.50. The van der Waals surface area contributed by atoms with Crippen LogP contribution in [0.3, 0.4) is 0 Å². The van der Waals surface area contributed by atoms with Crippen LogP contribution in [0.4, 0.5) is 4.79 Å². The number of urea groups is 1. The van der Waals surface area contributed by atoms with Crippen molar-refractivity contribution in [3.8, 4) is 0 Å². The molecule has 7 nitrogen and oxygen atoms in total. The van der Waals surface area contributed by atoms with Gasteiger partial charge in [-0.25, -0.2) is 18.4 Å². The molecule has 1 aromatic carbocycles. The van der Waals surface area contributed by atoms with Crippen LogP contribution in [0, 0.1) is 0 Å². The Morgan fingerprint density at radius 2 is 2.04 bits per heavy atom. The van der Waals surface area contributed by atoms with Crippen molar-refractivity contribution in [3.05, 3.63) is 29.8 Å². The maximum absolute atomic E-state index is 11.8. The number of methoxy groups -OCH3 is 1. The Morgan fingerprint density at radius 1 is 1.30 bits per heavy atom. The Hall–Kier alpha value is -1.64. The summed E-state index contributed by atoms with van der Waals surface area (Å²) in [6.07, 6.45) is 2.84. The average Bonchev–Trinajstić information content (AvgIpc) is 2.50. The molecule has 1 aromatic rings. The van der Waals surface area contributed by atoms with E-state index in [0.29, 0.717) is 12.1 Å². The van der Waals surface area contributed by atoms with Gasteiger partial charge in [0, 0.05) is 20.3 Å². The van der Waals surface area contributed by atoms with Gasteiger partial charge < -0.3 is 15.4 Å². The molecule has 0 bridgehead atoms. The van der Waals surface area contributed by atoms with Crippen molar-refractivity contribution in [2.24, 2.45) is 5.14 Å². The first kappa shape index (κ1) is 19.4. The number of amides is 2. The van der Waals surface area contributed by atoms with Gasteiger partial charge in [0.1, 0.15) is 0 Å². The lowest BCUT2D eigenvalue weighted by Gasteiger charge is -2.15. The van der Waals surface area contributed by atoms with Crippen molar-refractivity contribution in [2.45, 2.75) is 37.1 Å². The van der Waals surface area contributed by atoms with Crippen molar-refractivity contribution in [1.29, 1.82) is 0 Å². The Labute approximate surface area is 137 Å². The summed E-state index contributed by atoms with van der Waals surface area (Å²) >= 11 is 0. The quantitative estimate of drug-likeness (QED) is 0.590. The zero-order valence-corrected chi connectivity index (χ0v) is 14.4. The van der Waals surface area contributed by atoms with Crippen molar-refractivity contribution in [3.63, 3.8) is 0 Å². The van der Waals surface area contributed by atoms with Crippen LogP contribution in [0.5, 0.6) is 0 Å². The third-order valence-electron chi connectivity index (χ3n) is 3.35. The monoisotopic (exact) mass is 343 g/mol. The summed E-state index contributed by atoms with van der Waals surface area (Å²) in [5, 5.41) is 10.6. The summed E-state index contributed by atoms with van der Waals surface area (Å²) in [6, 6.07) is 5.61. The summed E-state index contributed by atoms with van der Waals surface area (Å²) in [5.74, 6) is 0. The fourth-order valence-electron chi connectivity index (χ4n) is 2.04. The van der Waals surface area contributed by atoms with Crippen molar-refractivity contribution in [1.82, 2.24) is 10.6 Å². The molecule has 0 aromatic heterocycles. The van der Waals surface area contributed by atoms with E-state index in [1.54, 1.807) is 26.2 Å². The van der Waals surface area contributed by atoms with Gasteiger partial charge in [-0.2, -0.15) is 0 Å². The second-order valence-corrected chi connectivity index (χ2v) is 6.85. The molecule has 2 amide bonds. The summed E-state index contributed by atoms with van der Waals surface area (Å²) in [5.41, 5.74) is 0.673. The van der Waals surface area contributed by atoms with Gasteiger partial charge in [-0.05, 0) is 43.9 Å². The van der Waals surface area contributed by atoms with E-state index in [2.05, 4.69) is 10.6 Å². The third-order valence-corrected chi connectivity index (χ3v) is 4.26. The molecule has 0 saturated carbocycles. The topological polar surface area (TPSA) is 111 Å². The van der Waals surface area contributed by atoms with Crippen LogP contribution < -0.4 is 15.8 Å². The molecule has 0 spiro atoms. The minimum Gasteiger partial charge on any atom is -0.385 e. The first-order valence-corrected chi connectivity index (χ1v) is 9.05. The number of nitrogens with one attached hydrogen (secondary N) is 2. The molecule has 0 aliphatic rings. The maximum Gasteiger partial charge on any atom is 0.315 e. The van der Waals surface area contributed by atoms with Crippen LogP contribution in [0.15, 0.2) is 29.2 Å². The van der Waals surface area contributed by atoms with Gasteiger partial charge in [-0.1, -0.05) is 12.1 Å². The molecule has 1 atom stereocenters. The standard InChI is InChI=1S/C15H25N3O4S/c1-12(13-7-6-8-14(11-13)23(16,20)21)18-15(19)17-9-4-3-5-10-22-2/h6-8,11-12H,3-5,9-10H2,1-2H3,(H2,16,20,21)(H2,17,18,19)/t12-/m0/s1. The van der Waals surface area contributed by atoms with Crippen LogP contribution in [-0.2, 0) is 14.8 Å². The van der Waals surface area contributed by atoms with E-state index in [1.165, 1.54) is 12.1 Å². The van der Waals surface area contributed by atoms with E-state index < -0.39 is 10.0 Å². The normalized spacial score (nSPS) is 12.7. The molecule has 0 unspecified atom stereocenters. The van der Waals surface area contributed by atoms with Crippen LogP contribution >= 0.6 is 0 Å². The van der Waals surface area contributed by atoms with E-state index in [-0.39, 0.29) is 17.0 Å². The van der Waals surface area contributed by atoms with Crippen molar-refractivity contribution < 1.29 is 17.9 Å². The molecule has 4 N–H and O–H groups in total. The van der Waals surface area contributed by atoms with E-state index in [4.69, 9.17) is 9.88 Å².